The van der Waals surface area contributed by atoms with E-state index in [9.17, 15) is 9.50 Å². The van der Waals surface area contributed by atoms with Crippen molar-refractivity contribution in [3.8, 4) is 0 Å². The number of piperidine rings is 1. The number of rotatable bonds is 10. The summed E-state index contributed by atoms with van der Waals surface area (Å²) in [6.07, 6.45) is 4.75. The van der Waals surface area contributed by atoms with Gasteiger partial charge in [0, 0.05) is 32.7 Å². The van der Waals surface area contributed by atoms with Crippen LogP contribution in [0, 0.1) is 11.2 Å². The molecule has 2 saturated heterocycles. The van der Waals surface area contributed by atoms with Crippen molar-refractivity contribution in [2.24, 2.45) is 5.41 Å². The molecule has 1 N–H and O–H groups in total. The molecule has 2 aliphatic rings. The smallest absolute Gasteiger partial charge is 0.142 e. The van der Waals surface area contributed by atoms with Gasteiger partial charge in [-0.25, -0.2) is 9.37 Å². The number of para-hydroxylation sites is 2. The van der Waals surface area contributed by atoms with Gasteiger partial charge < -0.3 is 14.6 Å². The molecule has 5 nitrogen and oxygen atoms in total. The van der Waals surface area contributed by atoms with Crippen molar-refractivity contribution in [1.82, 2.24) is 19.4 Å². The van der Waals surface area contributed by atoms with Crippen molar-refractivity contribution >= 4 is 11.0 Å². The van der Waals surface area contributed by atoms with Gasteiger partial charge in [-0.3, -0.25) is 4.90 Å². The molecule has 6 heteroatoms. The van der Waals surface area contributed by atoms with Gasteiger partial charge in [0.1, 0.15) is 17.2 Å². The molecule has 1 atom stereocenters. The Balaban J connectivity index is 1.04. The maximum atomic E-state index is 13.6. The highest BCUT2D eigenvalue weighted by Gasteiger charge is 2.41. The van der Waals surface area contributed by atoms with Crippen LogP contribution in [-0.2, 0) is 25.1 Å². The summed E-state index contributed by atoms with van der Waals surface area (Å²) in [5, 5.41) is 12.1. The Kier molecular flexibility index (Phi) is 8.54. The molecule has 0 radical (unpaired) electrons. The number of hydrogen-bond donors (Lipinski definition) is 1. The fourth-order valence-corrected chi connectivity index (χ4v) is 7.60. The summed E-state index contributed by atoms with van der Waals surface area (Å²) in [6.45, 7) is 6.51. The minimum atomic E-state index is -1.00. The van der Waals surface area contributed by atoms with Crippen molar-refractivity contribution in [2.75, 3.05) is 32.7 Å². The number of aliphatic hydroxyl groups is 1. The van der Waals surface area contributed by atoms with Gasteiger partial charge in [-0.15, -0.1) is 0 Å². The van der Waals surface area contributed by atoms with E-state index in [-0.39, 0.29) is 11.2 Å². The van der Waals surface area contributed by atoms with E-state index in [0.29, 0.717) is 19.4 Å². The molecule has 0 spiro atoms. The molecule has 5 aromatic rings. The van der Waals surface area contributed by atoms with E-state index in [1.807, 2.05) is 30.3 Å². The normalized spacial score (nSPS) is 20.6. The third-order valence-corrected chi connectivity index (χ3v) is 10.2. The second-order valence-corrected chi connectivity index (χ2v) is 13.4. The molecule has 45 heavy (non-hydrogen) atoms. The Labute approximate surface area is 266 Å². The molecule has 2 aliphatic heterocycles. The lowest BCUT2D eigenvalue weighted by Gasteiger charge is -2.39. The van der Waals surface area contributed by atoms with Gasteiger partial charge >= 0.3 is 0 Å². The fourth-order valence-electron chi connectivity index (χ4n) is 7.60. The van der Waals surface area contributed by atoms with Crippen LogP contribution in [0.4, 0.5) is 4.39 Å². The highest BCUT2D eigenvalue weighted by Crippen LogP contribution is 2.40. The Hall–Kier alpha value is -3.84. The van der Waals surface area contributed by atoms with E-state index in [1.165, 1.54) is 29.7 Å². The maximum absolute atomic E-state index is 13.6. The number of nitrogens with zero attached hydrogens (tertiary/aromatic N) is 4. The summed E-state index contributed by atoms with van der Waals surface area (Å²) in [5.41, 5.74) is 4.92. The number of aromatic nitrogens is 2. The molecule has 0 saturated carbocycles. The Morgan fingerprint density at radius 3 is 2.02 bits per heavy atom. The van der Waals surface area contributed by atoms with E-state index in [4.69, 9.17) is 4.98 Å². The van der Waals surface area contributed by atoms with Gasteiger partial charge in [0.2, 0.25) is 0 Å². The van der Waals surface area contributed by atoms with Gasteiger partial charge in [-0.05, 0) is 91.6 Å². The number of halogens is 1. The highest BCUT2D eigenvalue weighted by molar-refractivity contribution is 5.76. The van der Waals surface area contributed by atoms with Crippen molar-refractivity contribution in [2.45, 2.75) is 50.8 Å². The summed E-state index contributed by atoms with van der Waals surface area (Å²) in [4.78, 5) is 10.2. The lowest BCUT2D eigenvalue weighted by molar-refractivity contribution is -0.0368. The monoisotopic (exact) mass is 602 g/mol. The molecule has 1 aromatic heterocycles. The minimum absolute atomic E-state index is 0.243. The molecule has 2 fully saturated rings. The largest absolute Gasteiger partial charge is 0.382 e. The third-order valence-electron chi connectivity index (χ3n) is 10.2. The Morgan fingerprint density at radius 1 is 0.667 bits per heavy atom. The number of fused-ring (bicyclic) bond motifs is 1. The molecular formula is C39H43FN4O. The molecular weight excluding hydrogens is 559 g/mol. The van der Waals surface area contributed by atoms with Gasteiger partial charge in [-0.2, -0.15) is 0 Å². The summed E-state index contributed by atoms with van der Waals surface area (Å²) >= 11 is 0. The molecule has 0 amide bonds. The van der Waals surface area contributed by atoms with Gasteiger partial charge in [0.15, 0.2) is 0 Å². The molecule has 0 aliphatic carbocycles. The zero-order chi connectivity index (χ0) is 30.7. The zero-order valence-corrected chi connectivity index (χ0v) is 26.0. The average molecular weight is 603 g/mol. The van der Waals surface area contributed by atoms with Gasteiger partial charge in [0.05, 0.1) is 11.0 Å². The number of benzene rings is 4. The maximum Gasteiger partial charge on any atom is 0.142 e. The lowest BCUT2D eigenvalue weighted by atomic mass is 9.77. The molecule has 7 rings (SSSR count). The van der Waals surface area contributed by atoms with Crippen LogP contribution in [0.15, 0.2) is 109 Å². The summed E-state index contributed by atoms with van der Waals surface area (Å²) in [7, 11) is 0. The standard InChI is InChI=1S/C39H43FN4O/c40-34-17-15-33(16-18-34)29-44-36-14-8-7-13-35(36)41-37(44)39(45)21-25-42(26-22-39)23-19-38(27-31-9-3-1-4-10-31)20-24-43(30-38)28-32-11-5-2-6-12-32/h1-18,45H,19-30H2. The molecule has 0 bridgehead atoms. The number of imidazole rings is 1. The SMILES string of the molecule is OC1(c2nc3ccccc3n2Cc2ccc(F)cc2)CCN(CCC2(Cc3ccccc3)CCN(Cc3ccccc3)C2)CC1. The topological polar surface area (TPSA) is 44.5 Å². The Morgan fingerprint density at radius 2 is 1.29 bits per heavy atom. The van der Waals surface area contributed by atoms with Crippen LogP contribution >= 0.6 is 0 Å². The summed E-state index contributed by atoms with van der Waals surface area (Å²) in [5.74, 6) is 0.480. The molecule has 4 aromatic carbocycles. The predicted molar refractivity (Wildman–Crippen MR) is 178 cm³/mol. The van der Waals surface area contributed by atoms with E-state index in [0.717, 1.165) is 74.5 Å². The second-order valence-electron chi connectivity index (χ2n) is 13.4. The van der Waals surface area contributed by atoms with Crippen molar-refractivity contribution in [1.29, 1.82) is 0 Å². The molecule has 3 heterocycles. The van der Waals surface area contributed by atoms with Crippen LogP contribution in [0.5, 0.6) is 0 Å². The van der Waals surface area contributed by atoms with Crippen molar-refractivity contribution in [3.05, 3.63) is 138 Å². The second kappa shape index (κ2) is 12.9. The zero-order valence-electron chi connectivity index (χ0n) is 26.0. The number of likely N-dealkylation sites (tertiary alicyclic amines) is 2. The van der Waals surface area contributed by atoms with Crippen LogP contribution in [0.25, 0.3) is 11.0 Å². The third kappa shape index (κ3) is 6.74. The van der Waals surface area contributed by atoms with Crippen LogP contribution < -0.4 is 0 Å². The van der Waals surface area contributed by atoms with E-state index in [2.05, 4.69) is 81.1 Å². The van der Waals surface area contributed by atoms with Crippen molar-refractivity contribution in [3.63, 3.8) is 0 Å². The van der Waals surface area contributed by atoms with Gasteiger partial charge in [0.25, 0.3) is 0 Å². The van der Waals surface area contributed by atoms with Crippen LogP contribution in [-0.4, -0.2) is 57.2 Å². The molecule has 1 unspecified atom stereocenters. The predicted octanol–water partition coefficient (Wildman–Crippen LogP) is 7.03. The first-order valence-corrected chi connectivity index (χ1v) is 16.4. The average Bonchev–Trinajstić information content (AvgIpc) is 3.64. The quantitative estimate of drug-likeness (QED) is 0.186. The van der Waals surface area contributed by atoms with E-state index >= 15 is 0 Å². The highest BCUT2D eigenvalue weighted by atomic mass is 19.1. The fraction of sp³-hybridized carbons (Fsp3) is 0.359. The minimum Gasteiger partial charge on any atom is -0.382 e. The van der Waals surface area contributed by atoms with Crippen LogP contribution in [0.3, 0.4) is 0 Å². The summed E-state index contributed by atoms with van der Waals surface area (Å²) in [6, 6.07) is 36.5. The summed E-state index contributed by atoms with van der Waals surface area (Å²) < 4.78 is 15.8. The first-order valence-electron chi connectivity index (χ1n) is 16.4. The first-order chi connectivity index (χ1) is 22.0. The van der Waals surface area contributed by atoms with Crippen molar-refractivity contribution < 1.29 is 9.50 Å². The first kappa shape index (κ1) is 29.8. The van der Waals surface area contributed by atoms with Crippen LogP contribution in [0.1, 0.15) is 48.2 Å². The molecule has 232 valence electrons. The van der Waals surface area contributed by atoms with E-state index in [1.54, 1.807) is 0 Å². The van der Waals surface area contributed by atoms with E-state index < -0.39 is 5.60 Å². The number of hydrogen-bond acceptors (Lipinski definition) is 4. The van der Waals surface area contributed by atoms with Crippen LogP contribution in [0.2, 0.25) is 0 Å². The van der Waals surface area contributed by atoms with Gasteiger partial charge in [-0.1, -0.05) is 84.9 Å². The lowest BCUT2D eigenvalue weighted by Crippen LogP contribution is -2.45. The Bertz CT molecular complexity index is 1700.